The summed E-state index contributed by atoms with van der Waals surface area (Å²) < 4.78 is 0. The molecule has 0 saturated heterocycles. The summed E-state index contributed by atoms with van der Waals surface area (Å²) in [7, 11) is 0. The molecule has 2 unspecified atom stereocenters. The number of hydrogen-bond acceptors (Lipinski definition) is 0. The van der Waals surface area contributed by atoms with Crippen LogP contribution in [-0.4, -0.2) is 5.33 Å². The zero-order chi connectivity index (χ0) is 7.73. The highest BCUT2D eigenvalue weighted by molar-refractivity contribution is 9.09. The van der Waals surface area contributed by atoms with Gasteiger partial charge in [0.25, 0.3) is 0 Å². The van der Waals surface area contributed by atoms with E-state index < -0.39 is 0 Å². The van der Waals surface area contributed by atoms with Crippen molar-refractivity contribution in [2.24, 2.45) is 11.3 Å². The fourth-order valence-corrected chi connectivity index (χ4v) is 4.12. The molecule has 0 aromatic carbocycles. The molecule has 0 bridgehead atoms. The Bertz CT molecular complexity index is 144. The average molecular weight is 217 g/mol. The first-order valence-corrected chi connectivity index (χ1v) is 6.05. The summed E-state index contributed by atoms with van der Waals surface area (Å²) in [6, 6.07) is 0. The number of alkyl halides is 1. The minimum Gasteiger partial charge on any atom is -0.0922 e. The largest absolute Gasteiger partial charge is 0.0922 e. The van der Waals surface area contributed by atoms with Crippen LogP contribution in [0.3, 0.4) is 0 Å². The summed E-state index contributed by atoms with van der Waals surface area (Å²) in [6.45, 7) is 0. The molecule has 2 rings (SSSR count). The summed E-state index contributed by atoms with van der Waals surface area (Å²) in [4.78, 5) is 0. The molecule has 0 aromatic rings. The molecule has 2 fully saturated rings. The minimum absolute atomic E-state index is 0.748. The van der Waals surface area contributed by atoms with Crippen molar-refractivity contribution in [3.63, 3.8) is 0 Å². The van der Waals surface area contributed by atoms with Gasteiger partial charge in [-0.2, -0.15) is 0 Å². The Labute approximate surface area is 77.9 Å². The normalized spacial score (nSPS) is 43.9. The number of fused-ring (bicyclic) bond motifs is 1. The SMILES string of the molecule is BrCC12CCCCC1CCC2. The van der Waals surface area contributed by atoms with Crippen LogP contribution < -0.4 is 0 Å². The minimum atomic E-state index is 0.748. The second-order valence-corrected chi connectivity index (χ2v) is 4.89. The molecule has 0 nitrogen and oxygen atoms in total. The molecule has 0 radical (unpaired) electrons. The smallest absolute Gasteiger partial charge is 0.00906 e. The van der Waals surface area contributed by atoms with E-state index in [0.29, 0.717) is 0 Å². The van der Waals surface area contributed by atoms with Gasteiger partial charge in [-0.15, -0.1) is 0 Å². The van der Waals surface area contributed by atoms with E-state index in [4.69, 9.17) is 0 Å². The number of halogens is 1. The van der Waals surface area contributed by atoms with E-state index in [1.54, 1.807) is 0 Å². The molecule has 0 spiro atoms. The Morgan fingerprint density at radius 3 is 2.55 bits per heavy atom. The zero-order valence-corrected chi connectivity index (χ0v) is 8.70. The van der Waals surface area contributed by atoms with Gasteiger partial charge in [0.2, 0.25) is 0 Å². The van der Waals surface area contributed by atoms with Gasteiger partial charge in [0, 0.05) is 5.33 Å². The Morgan fingerprint density at radius 1 is 1.09 bits per heavy atom. The van der Waals surface area contributed by atoms with Crippen LogP contribution in [0.4, 0.5) is 0 Å². The van der Waals surface area contributed by atoms with Crippen molar-refractivity contribution in [1.29, 1.82) is 0 Å². The van der Waals surface area contributed by atoms with Crippen molar-refractivity contribution in [1.82, 2.24) is 0 Å². The van der Waals surface area contributed by atoms with E-state index in [2.05, 4.69) is 15.9 Å². The van der Waals surface area contributed by atoms with E-state index in [-0.39, 0.29) is 0 Å². The molecule has 11 heavy (non-hydrogen) atoms. The topological polar surface area (TPSA) is 0 Å². The lowest BCUT2D eigenvalue weighted by molar-refractivity contribution is 0.160. The Balaban J connectivity index is 2.12. The van der Waals surface area contributed by atoms with Crippen molar-refractivity contribution < 1.29 is 0 Å². The number of hydrogen-bond donors (Lipinski definition) is 0. The third-order valence-corrected chi connectivity index (χ3v) is 4.95. The Morgan fingerprint density at radius 2 is 1.82 bits per heavy atom. The van der Waals surface area contributed by atoms with Crippen molar-refractivity contribution in [2.45, 2.75) is 44.9 Å². The van der Waals surface area contributed by atoms with Crippen LogP contribution in [0.15, 0.2) is 0 Å². The third-order valence-electron chi connectivity index (χ3n) is 3.84. The van der Waals surface area contributed by atoms with Crippen LogP contribution in [0.1, 0.15) is 44.9 Å². The van der Waals surface area contributed by atoms with Gasteiger partial charge in [-0.25, -0.2) is 0 Å². The second-order valence-electron chi connectivity index (χ2n) is 4.33. The molecular weight excluding hydrogens is 200 g/mol. The molecule has 2 aliphatic rings. The Hall–Kier alpha value is 0.480. The predicted octanol–water partition coefficient (Wildman–Crippen LogP) is 3.74. The van der Waals surface area contributed by atoms with Crippen LogP contribution in [0.5, 0.6) is 0 Å². The average Bonchev–Trinajstić information content (AvgIpc) is 2.48. The van der Waals surface area contributed by atoms with Crippen LogP contribution >= 0.6 is 15.9 Å². The van der Waals surface area contributed by atoms with Gasteiger partial charge in [-0.3, -0.25) is 0 Å². The second kappa shape index (κ2) is 3.08. The maximum atomic E-state index is 3.71. The van der Waals surface area contributed by atoms with Gasteiger partial charge in [-0.05, 0) is 37.0 Å². The van der Waals surface area contributed by atoms with E-state index in [0.717, 1.165) is 11.3 Å². The fourth-order valence-electron chi connectivity index (χ4n) is 3.10. The van der Waals surface area contributed by atoms with Crippen molar-refractivity contribution in [3.05, 3.63) is 0 Å². The van der Waals surface area contributed by atoms with Gasteiger partial charge in [0.1, 0.15) is 0 Å². The van der Waals surface area contributed by atoms with E-state index in [9.17, 15) is 0 Å². The predicted molar refractivity (Wildman–Crippen MR) is 52.0 cm³/mol. The van der Waals surface area contributed by atoms with E-state index in [1.807, 2.05) is 0 Å². The van der Waals surface area contributed by atoms with Gasteiger partial charge in [0.15, 0.2) is 0 Å². The monoisotopic (exact) mass is 216 g/mol. The molecular formula is C10H17Br. The lowest BCUT2D eigenvalue weighted by Gasteiger charge is -2.38. The molecule has 0 heterocycles. The lowest BCUT2D eigenvalue weighted by Crippen LogP contribution is -2.30. The first-order chi connectivity index (χ1) is 5.37. The van der Waals surface area contributed by atoms with Crippen LogP contribution in [0.25, 0.3) is 0 Å². The third kappa shape index (κ3) is 1.26. The molecule has 0 aromatic heterocycles. The molecule has 0 N–H and O–H groups in total. The zero-order valence-electron chi connectivity index (χ0n) is 7.11. The standard InChI is InChI=1S/C10H17Br/c11-8-10-6-2-1-4-9(10)5-3-7-10/h9H,1-8H2. The van der Waals surface area contributed by atoms with Crippen molar-refractivity contribution in [2.75, 3.05) is 5.33 Å². The molecule has 1 heteroatoms. The first-order valence-electron chi connectivity index (χ1n) is 4.93. The highest BCUT2D eigenvalue weighted by Gasteiger charge is 2.42. The fraction of sp³-hybridized carbons (Fsp3) is 1.00. The maximum absolute atomic E-state index is 3.71. The molecule has 0 aliphatic heterocycles. The summed E-state index contributed by atoms with van der Waals surface area (Å²) in [5.41, 5.74) is 0.748. The van der Waals surface area contributed by atoms with Crippen molar-refractivity contribution in [3.8, 4) is 0 Å². The van der Waals surface area contributed by atoms with E-state index in [1.165, 1.54) is 50.3 Å². The lowest BCUT2D eigenvalue weighted by atomic mass is 9.70. The molecule has 0 amide bonds. The highest BCUT2D eigenvalue weighted by Crippen LogP contribution is 2.52. The van der Waals surface area contributed by atoms with Gasteiger partial charge < -0.3 is 0 Å². The van der Waals surface area contributed by atoms with Crippen LogP contribution in [0, 0.1) is 11.3 Å². The van der Waals surface area contributed by atoms with Crippen LogP contribution in [0.2, 0.25) is 0 Å². The first kappa shape index (κ1) is 8.10. The molecule has 2 atom stereocenters. The van der Waals surface area contributed by atoms with E-state index >= 15 is 0 Å². The summed E-state index contributed by atoms with van der Waals surface area (Å²) in [5.74, 6) is 1.08. The van der Waals surface area contributed by atoms with Crippen molar-refractivity contribution >= 4 is 15.9 Å². The van der Waals surface area contributed by atoms with Gasteiger partial charge >= 0.3 is 0 Å². The summed E-state index contributed by atoms with van der Waals surface area (Å²) in [5, 5.41) is 1.27. The Kier molecular flexibility index (Phi) is 2.27. The number of rotatable bonds is 1. The van der Waals surface area contributed by atoms with Gasteiger partial charge in [0.05, 0.1) is 0 Å². The summed E-state index contributed by atoms with van der Waals surface area (Å²) >= 11 is 3.71. The molecule has 64 valence electrons. The van der Waals surface area contributed by atoms with Gasteiger partial charge in [-0.1, -0.05) is 35.2 Å². The molecule has 2 saturated carbocycles. The summed E-state index contributed by atoms with van der Waals surface area (Å²) in [6.07, 6.45) is 10.5. The maximum Gasteiger partial charge on any atom is 0.00906 e. The molecule has 2 aliphatic carbocycles. The van der Waals surface area contributed by atoms with Crippen LogP contribution in [-0.2, 0) is 0 Å². The highest BCUT2D eigenvalue weighted by atomic mass is 79.9. The quantitative estimate of drug-likeness (QED) is 0.587.